The molecule has 3 N–H and O–H groups in total. The summed E-state index contributed by atoms with van der Waals surface area (Å²) in [6.45, 7) is 5.39. The van der Waals surface area contributed by atoms with Gasteiger partial charge in [0.1, 0.15) is 10.7 Å². The molecule has 0 bridgehead atoms. The Bertz CT molecular complexity index is 772. The van der Waals surface area contributed by atoms with Crippen LogP contribution in [0.2, 0.25) is 0 Å². The fourth-order valence-electron chi connectivity index (χ4n) is 2.05. The number of anilines is 1. The number of thiazole rings is 1. The number of rotatable bonds is 4. The molecule has 2 rings (SSSR count). The first kappa shape index (κ1) is 15.9. The minimum absolute atomic E-state index is 0.256. The summed E-state index contributed by atoms with van der Waals surface area (Å²) in [4.78, 5) is 4.83. The maximum Gasteiger partial charge on any atom is 0.243 e. The topological polar surface area (TPSA) is 85.1 Å². The molecule has 114 valence electrons. The lowest BCUT2D eigenvalue weighted by atomic mass is 10.2. The molecular formula is C13H16FN3O2S2. The van der Waals surface area contributed by atoms with E-state index in [-0.39, 0.29) is 10.6 Å². The van der Waals surface area contributed by atoms with Crippen LogP contribution in [0.25, 0.3) is 0 Å². The van der Waals surface area contributed by atoms with Gasteiger partial charge in [-0.3, -0.25) is 0 Å². The molecule has 0 aliphatic rings. The van der Waals surface area contributed by atoms with Gasteiger partial charge in [-0.25, -0.2) is 22.5 Å². The van der Waals surface area contributed by atoms with E-state index in [0.717, 1.165) is 21.6 Å². The highest BCUT2D eigenvalue weighted by molar-refractivity contribution is 7.89. The van der Waals surface area contributed by atoms with E-state index in [4.69, 9.17) is 5.73 Å². The van der Waals surface area contributed by atoms with Crippen molar-refractivity contribution in [3.05, 3.63) is 39.6 Å². The maximum absolute atomic E-state index is 13.4. The standard InChI is InChI=1S/C13H16FN3O2S2/c1-7-13(20-9(3)16-7)8(2)17-21(18,19)11-6-4-5-10(14)12(11)15/h4-6,8,17H,15H2,1-3H3. The second-order valence-electron chi connectivity index (χ2n) is 4.68. The molecule has 8 heteroatoms. The van der Waals surface area contributed by atoms with Crippen LogP contribution in [-0.4, -0.2) is 13.4 Å². The fourth-order valence-corrected chi connectivity index (χ4v) is 4.41. The van der Waals surface area contributed by atoms with Crippen molar-refractivity contribution in [2.75, 3.05) is 5.73 Å². The van der Waals surface area contributed by atoms with Gasteiger partial charge in [0.15, 0.2) is 0 Å². The number of nitrogens with one attached hydrogen (secondary N) is 1. The maximum atomic E-state index is 13.4. The van der Waals surface area contributed by atoms with E-state index >= 15 is 0 Å². The van der Waals surface area contributed by atoms with E-state index in [0.29, 0.717) is 0 Å². The SMILES string of the molecule is Cc1nc(C)c(C(C)NS(=O)(=O)c2cccc(F)c2N)s1. The quantitative estimate of drug-likeness (QED) is 0.844. The molecule has 5 nitrogen and oxygen atoms in total. The first-order valence-corrected chi connectivity index (χ1v) is 8.52. The molecule has 0 fully saturated rings. The lowest BCUT2D eigenvalue weighted by molar-refractivity contribution is 0.566. The van der Waals surface area contributed by atoms with Crippen molar-refractivity contribution >= 4 is 27.0 Å². The third kappa shape index (κ3) is 3.22. The third-order valence-electron chi connectivity index (χ3n) is 2.97. The third-order valence-corrected chi connectivity index (χ3v) is 5.82. The summed E-state index contributed by atoms with van der Waals surface area (Å²) in [6, 6.07) is 3.24. The van der Waals surface area contributed by atoms with Gasteiger partial charge in [0.25, 0.3) is 0 Å². The summed E-state index contributed by atoms with van der Waals surface area (Å²) in [5.74, 6) is -0.754. The minimum Gasteiger partial charge on any atom is -0.395 e. The van der Waals surface area contributed by atoms with Crippen LogP contribution in [0, 0.1) is 19.7 Å². The summed E-state index contributed by atoms with van der Waals surface area (Å²) in [7, 11) is -3.90. The van der Waals surface area contributed by atoms with E-state index < -0.39 is 21.9 Å². The van der Waals surface area contributed by atoms with Crippen molar-refractivity contribution in [2.45, 2.75) is 31.7 Å². The molecule has 1 unspecified atom stereocenters. The molecule has 0 amide bonds. The van der Waals surface area contributed by atoms with Gasteiger partial charge in [0, 0.05) is 4.88 Å². The number of sulfonamides is 1. The Balaban J connectivity index is 2.33. The lowest BCUT2D eigenvalue weighted by Crippen LogP contribution is -2.27. The van der Waals surface area contributed by atoms with Gasteiger partial charge in [0.2, 0.25) is 10.0 Å². The van der Waals surface area contributed by atoms with E-state index in [9.17, 15) is 12.8 Å². The Hall–Kier alpha value is -1.51. The van der Waals surface area contributed by atoms with Gasteiger partial charge >= 0.3 is 0 Å². The molecule has 0 spiro atoms. The molecule has 1 heterocycles. The number of halogens is 1. The van der Waals surface area contributed by atoms with Crippen LogP contribution in [0.15, 0.2) is 23.1 Å². The summed E-state index contributed by atoms with van der Waals surface area (Å²) in [5, 5.41) is 0.860. The van der Waals surface area contributed by atoms with Gasteiger partial charge in [-0.05, 0) is 32.9 Å². The summed E-state index contributed by atoms with van der Waals surface area (Å²) in [6.07, 6.45) is 0. The Morgan fingerprint density at radius 3 is 2.62 bits per heavy atom. The number of hydrogen-bond donors (Lipinski definition) is 2. The van der Waals surface area contributed by atoms with Crippen molar-refractivity contribution < 1.29 is 12.8 Å². The van der Waals surface area contributed by atoms with Crippen LogP contribution in [-0.2, 0) is 10.0 Å². The average Bonchev–Trinajstić information content (AvgIpc) is 2.71. The highest BCUT2D eigenvalue weighted by Crippen LogP contribution is 2.27. The number of nitrogen functional groups attached to an aromatic ring is 1. The van der Waals surface area contributed by atoms with Gasteiger partial charge in [-0.15, -0.1) is 11.3 Å². The summed E-state index contributed by atoms with van der Waals surface area (Å²) in [5.41, 5.74) is 5.91. The van der Waals surface area contributed by atoms with Gasteiger partial charge < -0.3 is 5.73 Å². The van der Waals surface area contributed by atoms with Crippen LogP contribution < -0.4 is 10.5 Å². The van der Waals surface area contributed by atoms with Crippen LogP contribution in [0.5, 0.6) is 0 Å². The molecule has 0 aliphatic heterocycles. The molecule has 21 heavy (non-hydrogen) atoms. The monoisotopic (exact) mass is 329 g/mol. The van der Waals surface area contributed by atoms with Crippen molar-refractivity contribution in [2.24, 2.45) is 0 Å². The van der Waals surface area contributed by atoms with Crippen LogP contribution >= 0.6 is 11.3 Å². The first-order chi connectivity index (χ1) is 9.72. The fraction of sp³-hybridized carbons (Fsp3) is 0.308. The van der Waals surface area contributed by atoms with Crippen LogP contribution in [0.1, 0.15) is 28.5 Å². The van der Waals surface area contributed by atoms with Crippen molar-refractivity contribution in [1.29, 1.82) is 0 Å². The molecule has 0 saturated carbocycles. The van der Waals surface area contributed by atoms with E-state index in [1.165, 1.54) is 23.5 Å². The molecular weight excluding hydrogens is 313 g/mol. The molecule has 2 aromatic rings. The summed E-state index contributed by atoms with van der Waals surface area (Å²) < 4.78 is 40.6. The number of nitrogens with zero attached hydrogens (tertiary/aromatic N) is 1. The van der Waals surface area contributed by atoms with Gasteiger partial charge in [0.05, 0.1) is 22.4 Å². The predicted molar refractivity (Wildman–Crippen MR) is 81.1 cm³/mol. The Labute approximate surface area is 127 Å². The number of hydrogen-bond acceptors (Lipinski definition) is 5. The molecule has 0 saturated heterocycles. The number of benzene rings is 1. The van der Waals surface area contributed by atoms with Gasteiger partial charge in [-0.1, -0.05) is 6.07 Å². The number of nitrogens with two attached hydrogens (primary N) is 1. The second-order valence-corrected chi connectivity index (χ2v) is 7.59. The van der Waals surface area contributed by atoms with Crippen LogP contribution in [0.4, 0.5) is 10.1 Å². The molecule has 0 aliphatic carbocycles. The number of para-hydroxylation sites is 1. The Morgan fingerprint density at radius 2 is 2.05 bits per heavy atom. The minimum atomic E-state index is -3.90. The Morgan fingerprint density at radius 1 is 1.38 bits per heavy atom. The average molecular weight is 329 g/mol. The zero-order valence-electron chi connectivity index (χ0n) is 11.8. The smallest absolute Gasteiger partial charge is 0.243 e. The highest BCUT2D eigenvalue weighted by Gasteiger charge is 2.24. The molecule has 1 aromatic carbocycles. The van der Waals surface area contributed by atoms with Gasteiger partial charge in [-0.2, -0.15) is 0 Å². The number of aromatic nitrogens is 1. The van der Waals surface area contributed by atoms with Crippen molar-refractivity contribution in [3.63, 3.8) is 0 Å². The van der Waals surface area contributed by atoms with E-state index in [2.05, 4.69) is 9.71 Å². The lowest BCUT2D eigenvalue weighted by Gasteiger charge is -2.14. The second kappa shape index (κ2) is 5.70. The predicted octanol–water partition coefficient (Wildman–Crippen LogP) is 2.52. The zero-order valence-corrected chi connectivity index (χ0v) is 13.5. The number of aryl methyl sites for hydroxylation is 2. The molecule has 1 atom stereocenters. The largest absolute Gasteiger partial charge is 0.395 e. The van der Waals surface area contributed by atoms with E-state index in [1.807, 2.05) is 13.8 Å². The van der Waals surface area contributed by atoms with Crippen molar-refractivity contribution in [3.8, 4) is 0 Å². The molecule has 1 aromatic heterocycles. The first-order valence-electron chi connectivity index (χ1n) is 6.22. The van der Waals surface area contributed by atoms with Crippen molar-refractivity contribution in [1.82, 2.24) is 9.71 Å². The normalized spacial score (nSPS) is 13.3. The molecule has 0 radical (unpaired) electrons. The zero-order chi connectivity index (χ0) is 15.8. The highest BCUT2D eigenvalue weighted by atomic mass is 32.2. The van der Waals surface area contributed by atoms with Crippen LogP contribution in [0.3, 0.4) is 0 Å². The Kier molecular flexibility index (Phi) is 4.31. The van der Waals surface area contributed by atoms with E-state index in [1.54, 1.807) is 6.92 Å². The summed E-state index contributed by atoms with van der Waals surface area (Å²) >= 11 is 1.42.